The summed E-state index contributed by atoms with van der Waals surface area (Å²) >= 11 is 0. The summed E-state index contributed by atoms with van der Waals surface area (Å²) in [7, 11) is 1.67. The van der Waals surface area contributed by atoms with E-state index in [0.29, 0.717) is 19.6 Å². The summed E-state index contributed by atoms with van der Waals surface area (Å²) in [6.45, 7) is 2.85. The Balaban J connectivity index is 2.38. The monoisotopic (exact) mass is 226 g/mol. The summed E-state index contributed by atoms with van der Waals surface area (Å²) in [6, 6.07) is 2.15. The summed E-state index contributed by atoms with van der Waals surface area (Å²) in [6.07, 6.45) is 4.53. The van der Waals surface area contributed by atoms with Gasteiger partial charge in [-0.15, -0.1) is 0 Å². The first-order valence-corrected chi connectivity index (χ1v) is 6.01. The molecular weight excluding hydrogens is 204 g/mol. The zero-order valence-corrected chi connectivity index (χ0v) is 10.1. The van der Waals surface area contributed by atoms with E-state index in [9.17, 15) is 5.11 Å². The van der Waals surface area contributed by atoms with Crippen LogP contribution in [0.1, 0.15) is 32.1 Å². The fourth-order valence-corrected chi connectivity index (χ4v) is 2.31. The number of hydrogen-bond acceptors (Lipinski definition) is 4. The molecule has 0 aromatic carbocycles. The Labute approximate surface area is 97.8 Å². The summed E-state index contributed by atoms with van der Waals surface area (Å²) < 4.78 is 5.04. The van der Waals surface area contributed by atoms with Crippen molar-refractivity contribution in [1.82, 2.24) is 4.90 Å². The molecule has 1 N–H and O–H groups in total. The van der Waals surface area contributed by atoms with Gasteiger partial charge in [-0.1, -0.05) is 12.8 Å². The van der Waals surface area contributed by atoms with Gasteiger partial charge in [0.25, 0.3) is 0 Å². The summed E-state index contributed by atoms with van der Waals surface area (Å²) in [5.74, 6) is 0. The minimum absolute atomic E-state index is 0.514. The summed E-state index contributed by atoms with van der Waals surface area (Å²) in [5, 5.41) is 18.9. The highest BCUT2D eigenvalue weighted by atomic mass is 16.5. The molecule has 0 atom stereocenters. The molecule has 1 rings (SSSR count). The van der Waals surface area contributed by atoms with Gasteiger partial charge in [0, 0.05) is 33.2 Å². The third-order valence-electron chi connectivity index (χ3n) is 3.20. The normalized spacial score (nSPS) is 18.9. The third kappa shape index (κ3) is 4.48. The lowest BCUT2D eigenvalue weighted by Gasteiger charge is -2.30. The van der Waals surface area contributed by atoms with E-state index in [4.69, 9.17) is 10.00 Å². The Morgan fingerprint density at radius 1 is 1.38 bits per heavy atom. The first-order valence-electron chi connectivity index (χ1n) is 6.01. The second kappa shape index (κ2) is 6.85. The van der Waals surface area contributed by atoms with Gasteiger partial charge in [0.2, 0.25) is 0 Å². The van der Waals surface area contributed by atoms with Crippen molar-refractivity contribution in [3.63, 3.8) is 0 Å². The van der Waals surface area contributed by atoms with Gasteiger partial charge in [0.05, 0.1) is 18.3 Å². The molecule has 0 radical (unpaired) electrons. The molecule has 4 heteroatoms. The minimum atomic E-state index is -0.525. The smallest absolute Gasteiger partial charge is 0.0774 e. The third-order valence-corrected chi connectivity index (χ3v) is 3.20. The van der Waals surface area contributed by atoms with Crippen molar-refractivity contribution in [1.29, 1.82) is 5.26 Å². The summed E-state index contributed by atoms with van der Waals surface area (Å²) in [4.78, 5) is 2.14. The number of hydrogen-bond donors (Lipinski definition) is 1. The number of methoxy groups -OCH3 is 1. The van der Waals surface area contributed by atoms with Crippen LogP contribution in [0.15, 0.2) is 0 Å². The Bertz CT molecular complexity index is 232. The van der Waals surface area contributed by atoms with E-state index >= 15 is 0 Å². The first-order chi connectivity index (χ1) is 7.70. The molecule has 92 valence electrons. The molecular formula is C12H22N2O2. The number of aliphatic hydroxyl groups is 1. The number of nitrogens with zero attached hydrogens (tertiary/aromatic N) is 2. The van der Waals surface area contributed by atoms with Gasteiger partial charge in [0.1, 0.15) is 0 Å². The molecule has 1 fully saturated rings. The molecule has 1 saturated carbocycles. The van der Waals surface area contributed by atoms with E-state index in [1.807, 2.05) is 0 Å². The highest BCUT2D eigenvalue weighted by molar-refractivity contribution is 4.88. The van der Waals surface area contributed by atoms with Gasteiger partial charge in [0.15, 0.2) is 0 Å². The average Bonchev–Trinajstić information content (AvgIpc) is 2.69. The molecule has 16 heavy (non-hydrogen) atoms. The second-order valence-corrected chi connectivity index (χ2v) is 4.61. The van der Waals surface area contributed by atoms with Gasteiger partial charge in [-0.05, 0) is 12.8 Å². The molecule has 0 unspecified atom stereocenters. The maximum atomic E-state index is 10.3. The van der Waals surface area contributed by atoms with Gasteiger partial charge < -0.3 is 9.84 Å². The lowest BCUT2D eigenvalue weighted by Crippen LogP contribution is -2.42. The van der Waals surface area contributed by atoms with Crippen LogP contribution in [-0.4, -0.2) is 49.0 Å². The highest BCUT2D eigenvalue weighted by Gasteiger charge is 2.32. The Hall–Kier alpha value is -0.630. The maximum absolute atomic E-state index is 10.3. The number of nitriles is 1. The Kier molecular flexibility index (Phi) is 5.75. The lowest BCUT2D eigenvalue weighted by molar-refractivity contribution is 0.00392. The molecule has 0 amide bonds. The van der Waals surface area contributed by atoms with Crippen LogP contribution in [-0.2, 0) is 4.74 Å². The van der Waals surface area contributed by atoms with Gasteiger partial charge in [-0.3, -0.25) is 4.90 Å². The molecule has 1 aliphatic rings. The van der Waals surface area contributed by atoms with Crippen LogP contribution in [0.3, 0.4) is 0 Å². The van der Waals surface area contributed by atoms with Crippen LogP contribution in [0.25, 0.3) is 0 Å². The molecule has 4 nitrogen and oxygen atoms in total. The molecule has 0 bridgehead atoms. The zero-order valence-electron chi connectivity index (χ0n) is 10.1. The predicted molar refractivity (Wildman–Crippen MR) is 62.0 cm³/mol. The summed E-state index contributed by atoms with van der Waals surface area (Å²) in [5.41, 5.74) is -0.525. The Morgan fingerprint density at radius 3 is 2.62 bits per heavy atom. The lowest BCUT2D eigenvalue weighted by atomic mass is 10.0. The van der Waals surface area contributed by atoms with Crippen molar-refractivity contribution >= 4 is 0 Å². The number of rotatable bonds is 7. The molecule has 0 spiro atoms. The van der Waals surface area contributed by atoms with Crippen molar-refractivity contribution in [3.8, 4) is 6.07 Å². The van der Waals surface area contributed by atoms with E-state index in [1.54, 1.807) is 7.11 Å². The van der Waals surface area contributed by atoms with Crippen molar-refractivity contribution in [2.75, 3.05) is 33.4 Å². The van der Waals surface area contributed by atoms with Crippen LogP contribution in [0, 0.1) is 11.3 Å². The largest absolute Gasteiger partial charge is 0.389 e. The average molecular weight is 226 g/mol. The molecule has 0 aliphatic heterocycles. The van der Waals surface area contributed by atoms with E-state index in [2.05, 4.69) is 11.0 Å². The highest BCUT2D eigenvalue weighted by Crippen LogP contribution is 2.30. The van der Waals surface area contributed by atoms with Gasteiger partial charge in [-0.25, -0.2) is 0 Å². The fourth-order valence-electron chi connectivity index (χ4n) is 2.31. The van der Waals surface area contributed by atoms with Crippen LogP contribution < -0.4 is 0 Å². The molecule has 0 saturated heterocycles. The van der Waals surface area contributed by atoms with Gasteiger partial charge >= 0.3 is 0 Å². The van der Waals surface area contributed by atoms with Crippen molar-refractivity contribution in [2.45, 2.75) is 37.7 Å². The number of ether oxygens (including phenoxy) is 1. The molecule has 1 aliphatic carbocycles. The van der Waals surface area contributed by atoms with E-state index in [1.165, 1.54) is 0 Å². The first kappa shape index (κ1) is 13.4. The zero-order chi connectivity index (χ0) is 11.9. The van der Waals surface area contributed by atoms with Crippen LogP contribution in [0.4, 0.5) is 0 Å². The maximum Gasteiger partial charge on any atom is 0.0774 e. The molecule has 0 aromatic rings. The quantitative estimate of drug-likeness (QED) is 0.707. The minimum Gasteiger partial charge on any atom is -0.389 e. The van der Waals surface area contributed by atoms with Crippen LogP contribution in [0.5, 0.6) is 0 Å². The Morgan fingerprint density at radius 2 is 2.06 bits per heavy atom. The molecule has 0 aromatic heterocycles. The SMILES string of the molecule is COCCN(CCC#N)CC1(O)CCCC1. The predicted octanol–water partition coefficient (Wildman–Crippen LogP) is 1.15. The topological polar surface area (TPSA) is 56.5 Å². The molecule has 0 heterocycles. The van der Waals surface area contributed by atoms with E-state index in [-0.39, 0.29) is 0 Å². The van der Waals surface area contributed by atoms with E-state index < -0.39 is 5.60 Å². The second-order valence-electron chi connectivity index (χ2n) is 4.61. The fraction of sp³-hybridized carbons (Fsp3) is 0.917. The van der Waals surface area contributed by atoms with Gasteiger partial charge in [-0.2, -0.15) is 5.26 Å². The van der Waals surface area contributed by atoms with Crippen molar-refractivity contribution < 1.29 is 9.84 Å². The van der Waals surface area contributed by atoms with Crippen molar-refractivity contribution in [2.24, 2.45) is 0 Å². The van der Waals surface area contributed by atoms with Crippen molar-refractivity contribution in [3.05, 3.63) is 0 Å². The van der Waals surface area contributed by atoms with E-state index in [0.717, 1.165) is 38.8 Å². The van der Waals surface area contributed by atoms with Crippen LogP contribution in [0.2, 0.25) is 0 Å². The standard InChI is InChI=1S/C12H22N2O2/c1-16-10-9-14(8-4-7-13)11-12(15)5-2-3-6-12/h15H,2-6,8-11H2,1H3. The van der Waals surface area contributed by atoms with Crippen LogP contribution >= 0.6 is 0 Å².